The van der Waals surface area contributed by atoms with Crippen LogP contribution < -0.4 is 5.73 Å². The predicted molar refractivity (Wildman–Crippen MR) is 57.7 cm³/mol. The first kappa shape index (κ1) is 11.0. The lowest BCUT2D eigenvalue weighted by Gasteiger charge is -2.23. The second-order valence-electron chi connectivity index (χ2n) is 5.16. The first-order valence-corrected chi connectivity index (χ1v) is 5.50. The summed E-state index contributed by atoms with van der Waals surface area (Å²) >= 11 is 0. The summed E-state index contributed by atoms with van der Waals surface area (Å²) in [6, 6.07) is 0. The first-order chi connectivity index (χ1) is 6.07. The standard InChI is InChI=1S/C11H24N2/c1-4-10(7-12)8-13-6-5-11(2,3)9-13/h10H,4-9,12H2,1-3H3. The largest absolute Gasteiger partial charge is 0.330 e. The van der Waals surface area contributed by atoms with Crippen molar-refractivity contribution < 1.29 is 0 Å². The van der Waals surface area contributed by atoms with Crippen LogP contribution in [0.4, 0.5) is 0 Å². The zero-order chi connectivity index (χ0) is 9.90. The number of nitrogens with two attached hydrogens (primary N) is 1. The average Bonchev–Trinajstić information content (AvgIpc) is 2.41. The average molecular weight is 184 g/mol. The Labute approximate surface area is 82.5 Å². The van der Waals surface area contributed by atoms with Gasteiger partial charge in [0.25, 0.3) is 0 Å². The van der Waals surface area contributed by atoms with Crippen LogP contribution in [0.15, 0.2) is 0 Å². The van der Waals surface area contributed by atoms with Gasteiger partial charge in [0.15, 0.2) is 0 Å². The minimum atomic E-state index is 0.535. The Morgan fingerprint density at radius 2 is 2.15 bits per heavy atom. The maximum atomic E-state index is 5.70. The van der Waals surface area contributed by atoms with Gasteiger partial charge in [0.1, 0.15) is 0 Å². The topological polar surface area (TPSA) is 29.3 Å². The SMILES string of the molecule is CCC(CN)CN1CCC(C)(C)C1. The minimum Gasteiger partial charge on any atom is -0.330 e. The molecule has 0 aromatic rings. The maximum absolute atomic E-state index is 5.70. The highest BCUT2D eigenvalue weighted by molar-refractivity contribution is 4.83. The third-order valence-electron chi connectivity index (χ3n) is 3.18. The number of likely N-dealkylation sites (tertiary alicyclic amines) is 1. The highest BCUT2D eigenvalue weighted by Crippen LogP contribution is 2.29. The third kappa shape index (κ3) is 3.28. The molecule has 1 heterocycles. The molecule has 2 N–H and O–H groups in total. The van der Waals surface area contributed by atoms with E-state index < -0.39 is 0 Å². The Morgan fingerprint density at radius 3 is 2.54 bits per heavy atom. The van der Waals surface area contributed by atoms with E-state index in [2.05, 4.69) is 25.7 Å². The summed E-state index contributed by atoms with van der Waals surface area (Å²) in [5, 5.41) is 0. The molecule has 1 aliphatic heterocycles. The van der Waals surface area contributed by atoms with Crippen LogP contribution in [0.25, 0.3) is 0 Å². The van der Waals surface area contributed by atoms with E-state index in [1.165, 1.54) is 32.5 Å². The van der Waals surface area contributed by atoms with Crippen molar-refractivity contribution in [3.05, 3.63) is 0 Å². The molecule has 0 aliphatic carbocycles. The molecule has 0 aromatic carbocycles. The van der Waals surface area contributed by atoms with Gasteiger partial charge in [-0.15, -0.1) is 0 Å². The normalized spacial score (nSPS) is 24.9. The Hall–Kier alpha value is -0.0800. The molecule has 0 amide bonds. The lowest BCUT2D eigenvalue weighted by Crippen LogP contribution is -2.32. The van der Waals surface area contributed by atoms with Crippen LogP contribution in [-0.4, -0.2) is 31.1 Å². The Kier molecular flexibility index (Phi) is 3.74. The van der Waals surface area contributed by atoms with Crippen molar-refractivity contribution in [1.82, 2.24) is 4.90 Å². The fourth-order valence-corrected chi connectivity index (χ4v) is 2.12. The second kappa shape index (κ2) is 4.43. The van der Waals surface area contributed by atoms with Gasteiger partial charge < -0.3 is 10.6 Å². The van der Waals surface area contributed by atoms with Crippen LogP contribution in [0.1, 0.15) is 33.6 Å². The van der Waals surface area contributed by atoms with Gasteiger partial charge in [0.05, 0.1) is 0 Å². The van der Waals surface area contributed by atoms with Crippen LogP contribution in [0, 0.1) is 11.3 Å². The molecule has 1 fully saturated rings. The summed E-state index contributed by atoms with van der Waals surface area (Å²) in [4.78, 5) is 2.57. The molecule has 1 saturated heterocycles. The summed E-state index contributed by atoms with van der Waals surface area (Å²) in [6.45, 7) is 11.5. The molecule has 2 heteroatoms. The summed E-state index contributed by atoms with van der Waals surface area (Å²) in [7, 11) is 0. The monoisotopic (exact) mass is 184 g/mol. The molecule has 1 atom stereocenters. The molecular formula is C11H24N2. The van der Waals surface area contributed by atoms with E-state index in [1.807, 2.05) is 0 Å². The molecule has 0 saturated carbocycles. The molecule has 13 heavy (non-hydrogen) atoms. The summed E-state index contributed by atoms with van der Waals surface area (Å²) < 4.78 is 0. The van der Waals surface area contributed by atoms with Gasteiger partial charge >= 0.3 is 0 Å². The van der Waals surface area contributed by atoms with Crippen molar-refractivity contribution in [2.75, 3.05) is 26.2 Å². The fourth-order valence-electron chi connectivity index (χ4n) is 2.12. The van der Waals surface area contributed by atoms with E-state index >= 15 is 0 Å². The molecular weight excluding hydrogens is 160 g/mol. The number of nitrogens with zero attached hydrogens (tertiary/aromatic N) is 1. The summed E-state index contributed by atoms with van der Waals surface area (Å²) in [6.07, 6.45) is 2.56. The van der Waals surface area contributed by atoms with Crippen molar-refractivity contribution in [3.63, 3.8) is 0 Å². The van der Waals surface area contributed by atoms with Crippen LogP contribution in [0.5, 0.6) is 0 Å². The zero-order valence-corrected chi connectivity index (χ0v) is 9.34. The molecule has 0 spiro atoms. The molecule has 1 unspecified atom stereocenters. The molecule has 0 aromatic heterocycles. The predicted octanol–water partition coefficient (Wildman–Crippen LogP) is 1.70. The zero-order valence-electron chi connectivity index (χ0n) is 9.34. The number of hydrogen-bond acceptors (Lipinski definition) is 2. The van der Waals surface area contributed by atoms with Gasteiger partial charge in [0, 0.05) is 13.1 Å². The van der Waals surface area contributed by atoms with Gasteiger partial charge in [0.2, 0.25) is 0 Å². The lowest BCUT2D eigenvalue weighted by molar-refractivity contribution is 0.248. The molecule has 2 nitrogen and oxygen atoms in total. The van der Waals surface area contributed by atoms with E-state index in [0.717, 1.165) is 6.54 Å². The van der Waals surface area contributed by atoms with E-state index in [9.17, 15) is 0 Å². The van der Waals surface area contributed by atoms with Gasteiger partial charge in [-0.25, -0.2) is 0 Å². The van der Waals surface area contributed by atoms with E-state index in [4.69, 9.17) is 5.73 Å². The van der Waals surface area contributed by atoms with Crippen molar-refractivity contribution in [2.24, 2.45) is 17.1 Å². The smallest absolute Gasteiger partial charge is 0.00333 e. The molecule has 0 bridgehead atoms. The van der Waals surface area contributed by atoms with Crippen LogP contribution in [0.3, 0.4) is 0 Å². The van der Waals surface area contributed by atoms with Crippen molar-refractivity contribution in [3.8, 4) is 0 Å². The Morgan fingerprint density at radius 1 is 1.46 bits per heavy atom. The van der Waals surface area contributed by atoms with Crippen molar-refractivity contribution in [1.29, 1.82) is 0 Å². The minimum absolute atomic E-state index is 0.535. The Balaban J connectivity index is 2.31. The van der Waals surface area contributed by atoms with Gasteiger partial charge in [-0.2, -0.15) is 0 Å². The number of hydrogen-bond donors (Lipinski definition) is 1. The number of rotatable bonds is 4. The maximum Gasteiger partial charge on any atom is 0.00333 e. The highest BCUT2D eigenvalue weighted by atomic mass is 15.2. The Bertz CT molecular complexity index is 150. The molecule has 1 rings (SSSR count). The molecule has 1 aliphatic rings. The van der Waals surface area contributed by atoms with Crippen molar-refractivity contribution in [2.45, 2.75) is 33.6 Å². The molecule has 78 valence electrons. The molecule has 0 radical (unpaired) electrons. The van der Waals surface area contributed by atoms with Crippen LogP contribution in [0.2, 0.25) is 0 Å². The van der Waals surface area contributed by atoms with E-state index in [0.29, 0.717) is 11.3 Å². The van der Waals surface area contributed by atoms with Crippen molar-refractivity contribution >= 4 is 0 Å². The van der Waals surface area contributed by atoms with Crippen LogP contribution in [-0.2, 0) is 0 Å². The van der Waals surface area contributed by atoms with E-state index in [1.54, 1.807) is 0 Å². The first-order valence-electron chi connectivity index (χ1n) is 5.50. The fraction of sp³-hybridized carbons (Fsp3) is 1.00. The quantitative estimate of drug-likeness (QED) is 0.720. The summed E-state index contributed by atoms with van der Waals surface area (Å²) in [5.41, 5.74) is 6.24. The van der Waals surface area contributed by atoms with Gasteiger partial charge in [-0.1, -0.05) is 27.2 Å². The summed E-state index contributed by atoms with van der Waals surface area (Å²) in [5.74, 6) is 0.703. The highest BCUT2D eigenvalue weighted by Gasteiger charge is 2.29. The van der Waals surface area contributed by atoms with Crippen LogP contribution >= 0.6 is 0 Å². The van der Waals surface area contributed by atoms with Gasteiger partial charge in [-0.05, 0) is 30.8 Å². The van der Waals surface area contributed by atoms with E-state index in [-0.39, 0.29) is 0 Å². The lowest BCUT2D eigenvalue weighted by atomic mass is 9.93. The third-order valence-corrected chi connectivity index (χ3v) is 3.18. The van der Waals surface area contributed by atoms with Gasteiger partial charge in [-0.3, -0.25) is 0 Å². The second-order valence-corrected chi connectivity index (χ2v) is 5.16.